The van der Waals surface area contributed by atoms with Crippen molar-refractivity contribution in [2.24, 2.45) is 11.5 Å². The van der Waals surface area contributed by atoms with Gasteiger partial charge in [-0.25, -0.2) is 0 Å². The van der Waals surface area contributed by atoms with Crippen molar-refractivity contribution in [3.63, 3.8) is 0 Å². The van der Waals surface area contributed by atoms with E-state index in [2.05, 4.69) is 20.9 Å². The quantitative estimate of drug-likeness (QED) is 0.0498. The molecule has 0 fully saturated rings. The molecule has 2 aromatic rings. The topological polar surface area (TPSA) is 135 Å². The molecule has 2 aromatic carbocycles. The van der Waals surface area contributed by atoms with Gasteiger partial charge in [-0.3, -0.25) is 9.59 Å². The van der Waals surface area contributed by atoms with Crippen LogP contribution in [0.2, 0.25) is 0 Å². The van der Waals surface area contributed by atoms with Crippen LogP contribution < -0.4 is 32.2 Å². The largest absolute Gasteiger partial charge is 0.489 e. The first-order valence-corrected chi connectivity index (χ1v) is 20.7. The maximum Gasteiger partial charge on any atom is 0.242 e. The lowest BCUT2D eigenvalue weighted by Gasteiger charge is -2.23. The summed E-state index contributed by atoms with van der Waals surface area (Å²) in [5, 5.41) is 9.70. The van der Waals surface area contributed by atoms with Crippen LogP contribution in [0.5, 0.6) is 5.75 Å². The Balaban J connectivity index is 1.74. The molecule has 0 heterocycles. The first-order valence-electron chi connectivity index (χ1n) is 20.7. The van der Waals surface area contributed by atoms with Crippen LogP contribution in [0, 0.1) is 0 Å². The molecule has 0 aliphatic carbocycles. The Kier molecular flexibility index (Phi) is 27.4. The number of amides is 2. The summed E-state index contributed by atoms with van der Waals surface area (Å²) in [6.45, 7) is 10.1. The number of hydrogen-bond donors (Lipinski definition) is 5. The van der Waals surface area contributed by atoms with Crippen molar-refractivity contribution in [2.45, 2.75) is 135 Å². The molecule has 7 N–H and O–H groups in total. The van der Waals surface area contributed by atoms with Crippen molar-refractivity contribution in [1.29, 1.82) is 0 Å². The molecule has 0 saturated carbocycles. The minimum Gasteiger partial charge on any atom is -0.489 e. The van der Waals surface area contributed by atoms with Gasteiger partial charge in [0.2, 0.25) is 11.8 Å². The summed E-state index contributed by atoms with van der Waals surface area (Å²) in [5.74, 6) is 0.559. The van der Waals surface area contributed by atoms with Gasteiger partial charge in [-0.05, 0) is 120 Å². The van der Waals surface area contributed by atoms with Crippen LogP contribution in [-0.4, -0.2) is 75.1 Å². The van der Waals surface area contributed by atoms with E-state index < -0.39 is 6.04 Å². The van der Waals surface area contributed by atoms with Gasteiger partial charge in [-0.15, -0.1) is 0 Å². The maximum absolute atomic E-state index is 13.4. The van der Waals surface area contributed by atoms with E-state index in [-0.39, 0.29) is 11.8 Å². The summed E-state index contributed by atoms with van der Waals surface area (Å²) in [6, 6.07) is 17.3. The number of hydrogen-bond acceptors (Lipinski definition) is 7. The highest BCUT2D eigenvalue weighted by atomic mass is 16.5. The third kappa shape index (κ3) is 23.6. The van der Waals surface area contributed by atoms with Gasteiger partial charge in [-0.2, -0.15) is 0 Å². The lowest BCUT2D eigenvalue weighted by molar-refractivity contribution is -0.129. The lowest BCUT2D eigenvalue weighted by Crippen LogP contribution is -2.48. The molecule has 0 spiro atoms. The van der Waals surface area contributed by atoms with Gasteiger partial charge in [0.25, 0.3) is 0 Å². The van der Waals surface area contributed by atoms with Crippen molar-refractivity contribution in [1.82, 2.24) is 20.9 Å². The number of ether oxygens (including phenoxy) is 1. The molecule has 52 heavy (non-hydrogen) atoms. The Morgan fingerprint density at radius 1 is 0.654 bits per heavy atom. The van der Waals surface area contributed by atoms with Gasteiger partial charge in [0, 0.05) is 19.4 Å². The van der Waals surface area contributed by atoms with Crippen LogP contribution in [0.4, 0.5) is 0 Å². The zero-order chi connectivity index (χ0) is 37.3. The highest BCUT2D eigenvalue weighted by Gasteiger charge is 2.21. The number of benzene rings is 2. The number of rotatable bonds is 34. The van der Waals surface area contributed by atoms with Crippen LogP contribution in [0.15, 0.2) is 54.6 Å². The molecule has 2 amide bonds. The highest BCUT2D eigenvalue weighted by molar-refractivity contribution is 5.87. The smallest absolute Gasteiger partial charge is 0.242 e. The summed E-state index contributed by atoms with van der Waals surface area (Å²) in [7, 11) is 0. The Hall–Kier alpha value is -2.98. The molecule has 0 bridgehead atoms. The van der Waals surface area contributed by atoms with Crippen LogP contribution in [-0.2, 0) is 22.6 Å². The fraction of sp³-hybridized carbons (Fsp3) is 0.674. The molecule has 2 rings (SSSR count). The highest BCUT2D eigenvalue weighted by Crippen LogP contribution is 2.16. The average molecular weight is 723 g/mol. The molecule has 0 saturated heterocycles. The van der Waals surface area contributed by atoms with E-state index in [0.29, 0.717) is 26.0 Å². The molecule has 9 heteroatoms. The van der Waals surface area contributed by atoms with Gasteiger partial charge in [0.05, 0.1) is 0 Å². The SMILES string of the molecule is CCCC(=O)N[C@@H](Cc1ccc(OCc2ccccc2)cc1)C(=O)NCCCN(CCCCCCN)CCCCCCCCNCCCCCCN. The number of carbonyl (C=O) groups is 2. The monoisotopic (exact) mass is 723 g/mol. The van der Waals surface area contributed by atoms with Gasteiger partial charge >= 0.3 is 0 Å². The van der Waals surface area contributed by atoms with E-state index in [1.165, 1.54) is 77.0 Å². The molecule has 1 atom stereocenters. The van der Waals surface area contributed by atoms with Crippen molar-refractivity contribution in [3.8, 4) is 5.75 Å². The molecular formula is C43H74N6O3. The second kappa shape index (κ2) is 31.5. The number of nitrogens with two attached hydrogens (primary N) is 2. The summed E-state index contributed by atoms with van der Waals surface area (Å²) in [4.78, 5) is 28.5. The van der Waals surface area contributed by atoms with Crippen molar-refractivity contribution < 1.29 is 14.3 Å². The molecule has 0 aliphatic rings. The van der Waals surface area contributed by atoms with E-state index in [1.54, 1.807) is 0 Å². The first kappa shape index (κ1) is 45.2. The van der Waals surface area contributed by atoms with Gasteiger partial charge in [0.1, 0.15) is 18.4 Å². The van der Waals surface area contributed by atoms with Crippen LogP contribution in [0.25, 0.3) is 0 Å². The van der Waals surface area contributed by atoms with Gasteiger partial charge in [-0.1, -0.05) is 101 Å². The normalized spacial score (nSPS) is 11.8. The van der Waals surface area contributed by atoms with E-state index >= 15 is 0 Å². The molecule has 0 unspecified atom stereocenters. The second-order valence-electron chi connectivity index (χ2n) is 14.3. The zero-order valence-electron chi connectivity index (χ0n) is 32.7. The van der Waals surface area contributed by atoms with E-state index in [4.69, 9.17) is 16.2 Å². The predicted molar refractivity (Wildman–Crippen MR) is 217 cm³/mol. The lowest BCUT2D eigenvalue weighted by atomic mass is 10.0. The number of nitrogens with one attached hydrogen (secondary N) is 3. The van der Waals surface area contributed by atoms with E-state index in [9.17, 15) is 9.59 Å². The maximum atomic E-state index is 13.4. The summed E-state index contributed by atoms with van der Waals surface area (Å²) >= 11 is 0. The van der Waals surface area contributed by atoms with Gasteiger partial charge < -0.3 is 37.1 Å². The molecule has 0 radical (unpaired) electrons. The minimum absolute atomic E-state index is 0.0901. The van der Waals surface area contributed by atoms with Crippen LogP contribution in [0.1, 0.15) is 127 Å². The summed E-state index contributed by atoms with van der Waals surface area (Å²) < 4.78 is 5.93. The van der Waals surface area contributed by atoms with Crippen molar-refractivity contribution in [2.75, 3.05) is 52.4 Å². The Bertz CT molecular complexity index is 1130. The number of unbranched alkanes of at least 4 members (excludes halogenated alkanes) is 11. The predicted octanol–water partition coefficient (Wildman–Crippen LogP) is 6.87. The number of carbonyl (C=O) groups excluding carboxylic acids is 2. The van der Waals surface area contributed by atoms with Gasteiger partial charge in [0.15, 0.2) is 0 Å². The summed E-state index contributed by atoms with van der Waals surface area (Å²) in [6.07, 6.45) is 19.8. The standard InChI is InChI=1S/C43H74N6O3/c1-2-21-42(50)48-41(36-38-24-26-40(27-25-38)52-37-39-22-12-11-13-23-39)43(51)47-32-20-35-49(34-19-10-6-15-29-45)33-18-9-4-3-7-16-30-46-31-17-8-5-14-28-44/h11-13,22-27,41,46H,2-10,14-21,28-37,44-45H2,1H3,(H,47,51)(H,48,50)/t41-/m0/s1. The third-order valence-electron chi connectivity index (χ3n) is 9.50. The average Bonchev–Trinajstić information content (AvgIpc) is 3.16. The Morgan fingerprint density at radius 2 is 1.21 bits per heavy atom. The minimum atomic E-state index is -0.615. The second-order valence-corrected chi connectivity index (χ2v) is 14.3. The Labute approximate surface area is 316 Å². The molecule has 0 aromatic heterocycles. The van der Waals surface area contributed by atoms with E-state index in [1.807, 2.05) is 61.5 Å². The third-order valence-corrected chi connectivity index (χ3v) is 9.50. The fourth-order valence-electron chi connectivity index (χ4n) is 6.37. The molecule has 0 aliphatic heterocycles. The van der Waals surface area contributed by atoms with Crippen molar-refractivity contribution in [3.05, 3.63) is 65.7 Å². The Morgan fingerprint density at radius 3 is 1.81 bits per heavy atom. The molecular weight excluding hydrogens is 649 g/mol. The summed E-state index contributed by atoms with van der Waals surface area (Å²) in [5.41, 5.74) is 13.4. The first-order chi connectivity index (χ1) is 25.5. The molecule has 294 valence electrons. The zero-order valence-corrected chi connectivity index (χ0v) is 32.7. The van der Waals surface area contributed by atoms with Crippen LogP contribution in [0.3, 0.4) is 0 Å². The molecule has 9 nitrogen and oxygen atoms in total. The van der Waals surface area contributed by atoms with Crippen LogP contribution >= 0.6 is 0 Å². The van der Waals surface area contributed by atoms with Crippen molar-refractivity contribution >= 4 is 11.8 Å². The number of nitrogens with zero attached hydrogens (tertiary/aromatic N) is 1. The van der Waals surface area contributed by atoms with E-state index in [0.717, 1.165) is 88.4 Å². The fourth-order valence-corrected chi connectivity index (χ4v) is 6.37.